The predicted octanol–water partition coefficient (Wildman–Crippen LogP) is 2.96. The number of aryl methyl sites for hydroxylation is 1. The van der Waals surface area contributed by atoms with Gasteiger partial charge in [0, 0.05) is 25.2 Å². The number of ether oxygens (including phenoxy) is 2. The Hall–Kier alpha value is -2.57. The van der Waals surface area contributed by atoms with Crippen molar-refractivity contribution in [2.24, 2.45) is 0 Å². The van der Waals surface area contributed by atoms with Crippen LogP contribution < -0.4 is 10.1 Å². The first-order valence-corrected chi connectivity index (χ1v) is 9.17. The van der Waals surface area contributed by atoms with Gasteiger partial charge in [0.25, 0.3) is 5.91 Å². The van der Waals surface area contributed by atoms with Gasteiger partial charge in [-0.1, -0.05) is 12.7 Å². The molecule has 0 spiro atoms. The molecule has 1 aliphatic rings. The van der Waals surface area contributed by atoms with E-state index in [0.29, 0.717) is 37.7 Å². The molecule has 1 atom stereocenters. The van der Waals surface area contributed by atoms with Gasteiger partial charge in [-0.2, -0.15) is 0 Å². The molecule has 1 amide bonds. The summed E-state index contributed by atoms with van der Waals surface area (Å²) in [5, 5.41) is 3.03. The van der Waals surface area contributed by atoms with Gasteiger partial charge in [0.1, 0.15) is 23.9 Å². The van der Waals surface area contributed by atoms with Gasteiger partial charge in [-0.05, 0) is 43.3 Å². The highest BCUT2D eigenvalue weighted by atomic mass is 16.5. The molecule has 0 saturated carbocycles. The van der Waals surface area contributed by atoms with Gasteiger partial charge in [0.15, 0.2) is 0 Å². The molecule has 0 bridgehead atoms. The van der Waals surface area contributed by atoms with Crippen molar-refractivity contribution < 1.29 is 18.7 Å². The number of amides is 1. The lowest BCUT2D eigenvalue weighted by Crippen LogP contribution is -2.43. The Balaban J connectivity index is 1.63. The predicted molar refractivity (Wildman–Crippen MR) is 103 cm³/mol. The fourth-order valence-corrected chi connectivity index (χ4v) is 3.08. The molecule has 1 aliphatic heterocycles. The van der Waals surface area contributed by atoms with E-state index >= 15 is 0 Å². The molecule has 2 heterocycles. The first-order valence-electron chi connectivity index (χ1n) is 9.17. The largest absolute Gasteiger partial charge is 0.490 e. The Morgan fingerprint density at radius 2 is 2.00 bits per heavy atom. The number of benzene rings is 1. The van der Waals surface area contributed by atoms with Crippen LogP contribution in [-0.4, -0.2) is 50.3 Å². The summed E-state index contributed by atoms with van der Waals surface area (Å²) < 4.78 is 16.7. The number of morpholine rings is 1. The second kappa shape index (κ2) is 9.39. The van der Waals surface area contributed by atoms with Crippen LogP contribution in [0.15, 0.2) is 53.5 Å². The lowest BCUT2D eigenvalue weighted by molar-refractivity contribution is 0.0117. The van der Waals surface area contributed by atoms with Crippen LogP contribution in [0.25, 0.3) is 0 Å². The third-order valence-electron chi connectivity index (χ3n) is 4.52. The Kier molecular flexibility index (Phi) is 6.68. The Morgan fingerprint density at radius 3 is 2.63 bits per heavy atom. The quantitative estimate of drug-likeness (QED) is 0.724. The van der Waals surface area contributed by atoms with Gasteiger partial charge in [-0.3, -0.25) is 9.69 Å². The molecule has 0 aliphatic carbocycles. The fraction of sp³-hybridized carbons (Fsp3) is 0.381. The molecule has 1 N–H and O–H groups in total. The third kappa shape index (κ3) is 5.21. The summed E-state index contributed by atoms with van der Waals surface area (Å²) in [6.07, 6.45) is 1.68. The number of furan rings is 1. The molecule has 2 aromatic rings. The van der Waals surface area contributed by atoms with E-state index in [2.05, 4.69) is 16.8 Å². The summed E-state index contributed by atoms with van der Waals surface area (Å²) in [7, 11) is 0. The third-order valence-corrected chi connectivity index (χ3v) is 4.52. The highest BCUT2D eigenvalue weighted by molar-refractivity contribution is 5.94. The molecule has 1 aromatic heterocycles. The van der Waals surface area contributed by atoms with Crippen molar-refractivity contribution in [3.05, 3.63) is 66.1 Å². The smallest absolute Gasteiger partial charge is 0.251 e. The Labute approximate surface area is 159 Å². The SMILES string of the molecule is C=CCOc1ccc(C(=O)NCC(c2ccc(C)o2)N2CCOCC2)cc1. The summed E-state index contributed by atoms with van der Waals surface area (Å²) in [4.78, 5) is 14.8. The van der Waals surface area contributed by atoms with Crippen LogP contribution in [0.4, 0.5) is 0 Å². The Morgan fingerprint density at radius 1 is 1.26 bits per heavy atom. The molecule has 144 valence electrons. The van der Waals surface area contributed by atoms with E-state index < -0.39 is 0 Å². The number of carbonyl (C=O) groups excluding carboxylic acids is 1. The number of rotatable bonds is 8. The van der Waals surface area contributed by atoms with Gasteiger partial charge in [-0.25, -0.2) is 0 Å². The van der Waals surface area contributed by atoms with Crippen molar-refractivity contribution >= 4 is 5.91 Å². The molecule has 1 unspecified atom stereocenters. The molecular formula is C21H26N2O4. The topological polar surface area (TPSA) is 63.9 Å². The van der Waals surface area contributed by atoms with Gasteiger partial charge < -0.3 is 19.2 Å². The number of nitrogens with one attached hydrogen (secondary N) is 1. The molecule has 3 rings (SSSR count). The van der Waals surface area contributed by atoms with Crippen LogP contribution in [0.5, 0.6) is 5.75 Å². The molecule has 6 heteroatoms. The van der Waals surface area contributed by atoms with Crippen molar-refractivity contribution in [3.8, 4) is 5.75 Å². The van der Waals surface area contributed by atoms with Crippen LogP contribution in [0.1, 0.15) is 27.9 Å². The van der Waals surface area contributed by atoms with Crippen molar-refractivity contribution in [2.45, 2.75) is 13.0 Å². The van der Waals surface area contributed by atoms with E-state index in [-0.39, 0.29) is 11.9 Å². The second-order valence-electron chi connectivity index (χ2n) is 6.45. The fourth-order valence-electron chi connectivity index (χ4n) is 3.08. The van der Waals surface area contributed by atoms with E-state index in [1.54, 1.807) is 30.3 Å². The van der Waals surface area contributed by atoms with Gasteiger partial charge in [-0.15, -0.1) is 0 Å². The average molecular weight is 370 g/mol. The molecule has 0 radical (unpaired) electrons. The van der Waals surface area contributed by atoms with E-state index in [1.807, 2.05) is 19.1 Å². The molecule has 1 fully saturated rings. The summed E-state index contributed by atoms with van der Waals surface area (Å²) in [5.74, 6) is 2.32. The second-order valence-corrected chi connectivity index (χ2v) is 6.45. The van der Waals surface area contributed by atoms with E-state index in [9.17, 15) is 4.79 Å². The number of carbonyl (C=O) groups is 1. The molecule has 1 saturated heterocycles. The lowest BCUT2D eigenvalue weighted by atomic mass is 10.1. The van der Waals surface area contributed by atoms with Crippen molar-refractivity contribution in [2.75, 3.05) is 39.5 Å². The van der Waals surface area contributed by atoms with Crippen LogP contribution >= 0.6 is 0 Å². The molecular weight excluding hydrogens is 344 g/mol. The molecule has 27 heavy (non-hydrogen) atoms. The monoisotopic (exact) mass is 370 g/mol. The minimum atomic E-state index is -0.119. The van der Waals surface area contributed by atoms with Gasteiger partial charge >= 0.3 is 0 Å². The van der Waals surface area contributed by atoms with E-state index in [4.69, 9.17) is 13.9 Å². The average Bonchev–Trinajstić information content (AvgIpc) is 3.13. The van der Waals surface area contributed by atoms with E-state index in [1.165, 1.54) is 0 Å². The summed E-state index contributed by atoms with van der Waals surface area (Å²) in [6, 6.07) is 11.0. The zero-order valence-corrected chi connectivity index (χ0v) is 15.6. The lowest BCUT2D eigenvalue weighted by Gasteiger charge is -2.33. The minimum absolute atomic E-state index is 0.0123. The maximum Gasteiger partial charge on any atom is 0.251 e. The molecule has 6 nitrogen and oxygen atoms in total. The zero-order chi connectivity index (χ0) is 19.1. The highest BCUT2D eigenvalue weighted by Gasteiger charge is 2.25. The molecule has 1 aromatic carbocycles. The van der Waals surface area contributed by atoms with Crippen LogP contribution in [0.3, 0.4) is 0 Å². The van der Waals surface area contributed by atoms with Gasteiger partial charge in [0.2, 0.25) is 0 Å². The normalized spacial score (nSPS) is 15.9. The Bertz CT molecular complexity index is 748. The summed E-state index contributed by atoms with van der Waals surface area (Å²) in [6.45, 7) is 9.47. The summed E-state index contributed by atoms with van der Waals surface area (Å²) >= 11 is 0. The zero-order valence-electron chi connectivity index (χ0n) is 15.6. The van der Waals surface area contributed by atoms with Crippen molar-refractivity contribution in [3.63, 3.8) is 0 Å². The van der Waals surface area contributed by atoms with Crippen molar-refractivity contribution in [1.29, 1.82) is 0 Å². The minimum Gasteiger partial charge on any atom is -0.490 e. The van der Waals surface area contributed by atoms with Gasteiger partial charge in [0.05, 0.1) is 19.3 Å². The standard InChI is InChI=1S/C21H26N2O4/c1-3-12-26-18-7-5-17(6-8-18)21(24)22-15-19(20-9-4-16(2)27-20)23-10-13-25-14-11-23/h3-9,19H,1,10-15H2,2H3,(H,22,24). The number of hydrogen-bond acceptors (Lipinski definition) is 5. The van der Waals surface area contributed by atoms with Crippen LogP contribution in [0, 0.1) is 6.92 Å². The first-order chi connectivity index (χ1) is 13.2. The first kappa shape index (κ1) is 19.2. The van der Waals surface area contributed by atoms with E-state index in [0.717, 1.165) is 24.6 Å². The maximum absolute atomic E-state index is 12.6. The highest BCUT2D eigenvalue weighted by Crippen LogP contribution is 2.23. The van der Waals surface area contributed by atoms with Crippen molar-refractivity contribution in [1.82, 2.24) is 10.2 Å². The van der Waals surface area contributed by atoms with Crippen LogP contribution in [-0.2, 0) is 4.74 Å². The number of nitrogens with zero attached hydrogens (tertiary/aromatic N) is 1. The summed E-state index contributed by atoms with van der Waals surface area (Å²) in [5.41, 5.74) is 0.595. The number of hydrogen-bond donors (Lipinski definition) is 1. The maximum atomic E-state index is 12.6. The van der Waals surface area contributed by atoms with Crippen LogP contribution in [0.2, 0.25) is 0 Å².